The van der Waals surface area contributed by atoms with Gasteiger partial charge in [-0.15, -0.1) is 0 Å². The van der Waals surface area contributed by atoms with E-state index in [1.807, 2.05) is 25.1 Å². The maximum atomic E-state index is 12.3. The molecule has 146 valence electrons. The number of rotatable bonds is 8. The van der Waals surface area contributed by atoms with Gasteiger partial charge in [0, 0.05) is 19.8 Å². The molecule has 2 aromatic rings. The van der Waals surface area contributed by atoms with Crippen LogP contribution >= 0.6 is 0 Å². The maximum Gasteiger partial charge on any atom is 0.317 e. The first-order valence-corrected chi connectivity index (χ1v) is 11.0. The minimum atomic E-state index is -3.21. The van der Waals surface area contributed by atoms with Crippen LogP contribution in [0.4, 0.5) is 4.79 Å². The largest absolute Gasteiger partial charge is 0.338 e. The first kappa shape index (κ1) is 21.0. The molecule has 5 nitrogen and oxygen atoms in total. The number of unbranched alkanes of at least 4 members (excludes halogenated alkanes) is 1. The molecule has 0 aliphatic heterocycles. The highest BCUT2D eigenvalue weighted by atomic mass is 32.2. The second-order valence-electron chi connectivity index (χ2n) is 6.80. The molecule has 27 heavy (non-hydrogen) atoms. The Morgan fingerprint density at radius 3 is 2.26 bits per heavy atom. The van der Waals surface area contributed by atoms with E-state index in [1.165, 1.54) is 11.8 Å². The summed E-state index contributed by atoms with van der Waals surface area (Å²) in [4.78, 5) is 14.2. The smallest absolute Gasteiger partial charge is 0.317 e. The van der Waals surface area contributed by atoms with Crippen LogP contribution in [0.1, 0.15) is 36.9 Å². The molecule has 0 unspecified atom stereocenters. The van der Waals surface area contributed by atoms with Crippen molar-refractivity contribution in [2.75, 3.05) is 19.8 Å². The van der Waals surface area contributed by atoms with Gasteiger partial charge in [-0.1, -0.05) is 42.5 Å². The number of carbonyl (C=O) groups excluding carboxylic acids is 1. The van der Waals surface area contributed by atoms with Gasteiger partial charge in [-0.3, -0.25) is 0 Å². The van der Waals surface area contributed by atoms with E-state index in [1.54, 1.807) is 36.2 Å². The average Bonchev–Trinajstić information content (AvgIpc) is 2.66. The zero-order chi connectivity index (χ0) is 19.9. The highest BCUT2D eigenvalue weighted by molar-refractivity contribution is 7.90. The first-order valence-electron chi connectivity index (χ1n) is 9.13. The van der Waals surface area contributed by atoms with Crippen LogP contribution < -0.4 is 5.32 Å². The number of hydrogen-bond donors (Lipinski definition) is 1. The van der Waals surface area contributed by atoms with Gasteiger partial charge in [0.15, 0.2) is 9.84 Å². The van der Waals surface area contributed by atoms with E-state index in [4.69, 9.17) is 0 Å². The standard InChI is InChI=1S/C21H28N2O3S/c1-17(19-12-14-20(15-13-19)27(3,25)26)23(2)21(24)22-16-8-7-11-18-9-5-4-6-10-18/h4-6,9-10,12-15,17H,7-8,11,16H2,1-3H3,(H,22,24)/t17-/m0/s1. The zero-order valence-corrected chi connectivity index (χ0v) is 17.0. The van der Waals surface area contributed by atoms with Gasteiger partial charge < -0.3 is 10.2 Å². The highest BCUT2D eigenvalue weighted by Gasteiger charge is 2.17. The lowest BCUT2D eigenvalue weighted by atomic mass is 10.1. The number of amides is 2. The van der Waals surface area contributed by atoms with E-state index in [-0.39, 0.29) is 17.0 Å². The third-order valence-corrected chi connectivity index (χ3v) is 5.83. The van der Waals surface area contributed by atoms with E-state index >= 15 is 0 Å². The number of nitrogens with zero attached hydrogens (tertiary/aromatic N) is 1. The Bertz CT molecular complexity index is 833. The molecule has 0 spiro atoms. The SMILES string of the molecule is C[C@@H](c1ccc(S(C)(=O)=O)cc1)N(C)C(=O)NCCCCc1ccccc1. The topological polar surface area (TPSA) is 66.5 Å². The van der Waals surface area contributed by atoms with Crippen LogP contribution in [0.5, 0.6) is 0 Å². The fourth-order valence-electron chi connectivity index (χ4n) is 2.81. The van der Waals surface area contributed by atoms with Gasteiger partial charge in [-0.05, 0) is 49.4 Å². The van der Waals surface area contributed by atoms with Crippen molar-refractivity contribution < 1.29 is 13.2 Å². The van der Waals surface area contributed by atoms with Gasteiger partial charge >= 0.3 is 6.03 Å². The number of aryl methyl sites for hydroxylation is 1. The molecule has 0 radical (unpaired) electrons. The Labute approximate surface area is 162 Å². The lowest BCUT2D eigenvalue weighted by molar-refractivity contribution is 0.194. The molecule has 6 heteroatoms. The van der Waals surface area contributed by atoms with Crippen molar-refractivity contribution in [1.82, 2.24) is 10.2 Å². The molecule has 0 aromatic heterocycles. The molecular formula is C21H28N2O3S. The van der Waals surface area contributed by atoms with Crippen molar-refractivity contribution in [2.24, 2.45) is 0 Å². The van der Waals surface area contributed by atoms with Crippen molar-refractivity contribution in [1.29, 1.82) is 0 Å². The molecule has 0 aliphatic carbocycles. The molecular weight excluding hydrogens is 360 g/mol. The van der Waals surface area contributed by atoms with E-state index in [9.17, 15) is 13.2 Å². The molecule has 0 aliphatic rings. The highest BCUT2D eigenvalue weighted by Crippen LogP contribution is 2.20. The quantitative estimate of drug-likeness (QED) is 0.699. The van der Waals surface area contributed by atoms with Gasteiger partial charge in [-0.2, -0.15) is 0 Å². The maximum absolute atomic E-state index is 12.3. The Hall–Kier alpha value is -2.34. The molecule has 2 aromatic carbocycles. The molecule has 0 heterocycles. The number of benzene rings is 2. The van der Waals surface area contributed by atoms with Crippen LogP contribution in [0, 0.1) is 0 Å². The van der Waals surface area contributed by atoms with Gasteiger partial charge in [-0.25, -0.2) is 13.2 Å². The van der Waals surface area contributed by atoms with Gasteiger partial charge in [0.05, 0.1) is 10.9 Å². The van der Waals surface area contributed by atoms with Crippen molar-refractivity contribution in [3.63, 3.8) is 0 Å². The third kappa shape index (κ3) is 6.40. The summed E-state index contributed by atoms with van der Waals surface area (Å²) in [6.45, 7) is 2.56. The second kappa shape index (κ2) is 9.55. The summed E-state index contributed by atoms with van der Waals surface area (Å²) in [7, 11) is -1.47. The number of sulfone groups is 1. The molecule has 2 amide bonds. The van der Waals surface area contributed by atoms with Gasteiger partial charge in [0.25, 0.3) is 0 Å². The summed E-state index contributed by atoms with van der Waals surface area (Å²) in [5.41, 5.74) is 2.20. The minimum absolute atomic E-state index is 0.130. The Kier molecular flexibility index (Phi) is 7.42. The van der Waals surface area contributed by atoms with Crippen molar-refractivity contribution in [3.05, 3.63) is 65.7 Å². The molecule has 0 saturated heterocycles. The molecule has 1 N–H and O–H groups in total. The summed E-state index contributed by atoms with van der Waals surface area (Å²) in [6, 6.07) is 16.7. The van der Waals surface area contributed by atoms with Crippen molar-refractivity contribution in [3.8, 4) is 0 Å². The van der Waals surface area contributed by atoms with Crippen molar-refractivity contribution in [2.45, 2.75) is 37.1 Å². The van der Waals surface area contributed by atoms with Crippen molar-refractivity contribution >= 4 is 15.9 Å². The summed E-state index contributed by atoms with van der Waals surface area (Å²) >= 11 is 0. The van der Waals surface area contributed by atoms with Gasteiger partial charge in [0.2, 0.25) is 0 Å². The van der Waals surface area contributed by atoms with Crippen LogP contribution in [-0.4, -0.2) is 39.2 Å². The lowest BCUT2D eigenvalue weighted by Crippen LogP contribution is -2.39. The summed E-state index contributed by atoms with van der Waals surface area (Å²) in [5.74, 6) is 0. The first-order chi connectivity index (χ1) is 12.8. The number of urea groups is 1. The monoisotopic (exact) mass is 388 g/mol. The molecule has 2 rings (SSSR count). The van der Waals surface area contributed by atoms with E-state index in [0.717, 1.165) is 24.8 Å². The summed E-state index contributed by atoms with van der Waals surface area (Å²) < 4.78 is 23.1. The van der Waals surface area contributed by atoms with Crippen LogP contribution in [0.3, 0.4) is 0 Å². The van der Waals surface area contributed by atoms with Crippen LogP contribution in [0.25, 0.3) is 0 Å². The Morgan fingerprint density at radius 1 is 1.04 bits per heavy atom. The molecule has 0 fully saturated rings. The summed E-state index contributed by atoms with van der Waals surface area (Å²) in [5, 5.41) is 2.95. The fourth-order valence-corrected chi connectivity index (χ4v) is 3.44. The van der Waals surface area contributed by atoms with E-state index in [2.05, 4.69) is 17.4 Å². The lowest BCUT2D eigenvalue weighted by Gasteiger charge is -2.25. The Morgan fingerprint density at radius 2 is 1.67 bits per heavy atom. The fraction of sp³-hybridized carbons (Fsp3) is 0.381. The number of hydrogen-bond acceptors (Lipinski definition) is 3. The predicted octanol–water partition coefficient (Wildman–Crippen LogP) is 3.82. The van der Waals surface area contributed by atoms with Crippen LogP contribution in [0.2, 0.25) is 0 Å². The summed E-state index contributed by atoms with van der Waals surface area (Å²) in [6.07, 6.45) is 4.14. The Balaban J connectivity index is 1.78. The third-order valence-electron chi connectivity index (χ3n) is 4.70. The molecule has 0 bridgehead atoms. The molecule has 0 saturated carbocycles. The van der Waals surface area contributed by atoms with E-state index in [0.29, 0.717) is 6.54 Å². The molecule has 1 atom stereocenters. The normalized spacial score (nSPS) is 12.4. The minimum Gasteiger partial charge on any atom is -0.338 e. The zero-order valence-electron chi connectivity index (χ0n) is 16.2. The van der Waals surface area contributed by atoms with Crippen LogP contribution in [-0.2, 0) is 16.3 Å². The second-order valence-corrected chi connectivity index (χ2v) is 8.82. The number of carbonyl (C=O) groups is 1. The predicted molar refractivity (Wildman–Crippen MR) is 109 cm³/mol. The van der Waals surface area contributed by atoms with E-state index < -0.39 is 9.84 Å². The average molecular weight is 389 g/mol. The number of nitrogens with one attached hydrogen (secondary N) is 1. The van der Waals surface area contributed by atoms with Crippen LogP contribution in [0.15, 0.2) is 59.5 Å². The van der Waals surface area contributed by atoms with Gasteiger partial charge in [0.1, 0.15) is 0 Å².